The van der Waals surface area contributed by atoms with Crippen LogP contribution in [-0.2, 0) is 6.18 Å². The molecular weight excluding hydrogens is 564 g/mol. The maximum absolute atomic E-state index is 15.2. The number of aromatic nitrogens is 3. The highest BCUT2D eigenvalue weighted by molar-refractivity contribution is 6.02. The van der Waals surface area contributed by atoms with E-state index in [0.29, 0.717) is 41.3 Å². The Morgan fingerprint density at radius 1 is 1.05 bits per heavy atom. The normalized spacial score (nSPS) is 17.3. The Morgan fingerprint density at radius 2 is 1.79 bits per heavy atom. The van der Waals surface area contributed by atoms with Gasteiger partial charge in [0.2, 0.25) is 0 Å². The molecule has 6 rings (SSSR count). The lowest BCUT2D eigenvalue weighted by Crippen LogP contribution is -2.45. The third kappa shape index (κ3) is 5.87. The predicted octanol–water partition coefficient (Wildman–Crippen LogP) is 6.13. The van der Waals surface area contributed by atoms with Crippen LogP contribution in [0.5, 0.6) is 0 Å². The summed E-state index contributed by atoms with van der Waals surface area (Å²) in [5.74, 6) is -0.439. The number of piperazine rings is 1. The Bertz CT molecular complexity index is 1670. The molecule has 1 atom stereocenters. The molecule has 1 saturated heterocycles. The van der Waals surface area contributed by atoms with E-state index in [1.807, 2.05) is 22.7 Å². The number of rotatable bonds is 6. The van der Waals surface area contributed by atoms with E-state index < -0.39 is 29.6 Å². The van der Waals surface area contributed by atoms with Crippen molar-refractivity contribution in [3.63, 3.8) is 0 Å². The van der Waals surface area contributed by atoms with Crippen LogP contribution >= 0.6 is 0 Å². The molecule has 13 heteroatoms. The zero-order valence-corrected chi connectivity index (χ0v) is 23.7. The Morgan fingerprint density at radius 3 is 2.47 bits per heavy atom. The van der Waals surface area contributed by atoms with Crippen LogP contribution in [-0.4, -0.2) is 63.6 Å². The fourth-order valence-corrected chi connectivity index (χ4v) is 5.68. The number of carbonyl (C=O) groups is 1. The van der Waals surface area contributed by atoms with Gasteiger partial charge in [-0.1, -0.05) is 12.1 Å². The summed E-state index contributed by atoms with van der Waals surface area (Å²) in [6.07, 6.45) is 0.688. The highest BCUT2D eigenvalue weighted by Gasteiger charge is 2.36. The van der Waals surface area contributed by atoms with E-state index in [-0.39, 0.29) is 22.8 Å². The van der Waals surface area contributed by atoms with Gasteiger partial charge in [0, 0.05) is 55.7 Å². The molecule has 1 saturated carbocycles. The van der Waals surface area contributed by atoms with Crippen LogP contribution in [0.15, 0.2) is 48.9 Å². The number of nitrogens with one attached hydrogen (secondary N) is 2. The van der Waals surface area contributed by atoms with Gasteiger partial charge in [-0.05, 0) is 62.2 Å². The number of nitrogens with zero attached hydrogens (tertiary/aromatic N) is 5. The van der Waals surface area contributed by atoms with Gasteiger partial charge < -0.3 is 25.8 Å². The lowest BCUT2D eigenvalue weighted by Gasteiger charge is -2.37. The summed E-state index contributed by atoms with van der Waals surface area (Å²) in [7, 11) is 1.98. The molecule has 2 aromatic heterocycles. The molecule has 4 N–H and O–H groups in total. The van der Waals surface area contributed by atoms with Crippen molar-refractivity contribution in [1.29, 1.82) is 0 Å². The van der Waals surface area contributed by atoms with Crippen LogP contribution in [0, 0.1) is 5.82 Å². The summed E-state index contributed by atoms with van der Waals surface area (Å²) in [6, 6.07) is 7.02. The van der Waals surface area contributed by atoms with Crippen molar-refractivity contribution >= 4 is 34.3 Å². The van der Waals surface area contributed by atoms with Crippen molar-refractivity contribution in [2.24, 2.45) is 0 Å². The van der Waals surface area contributed by atoms with Gasteiger partial charge in [0.15, 0.2) is 0 Å². The number of nitrogens with two attached hydrogens (primary N) is 1. The van der Waals surface area contributed by atoms with E-state index in [2.05, 4.69) is 25.5 Å². The van der Waals surface area contributed by atoms with E-state index in [4.69, 9.17) is 5.73 Å². The summed E-state index contributed by atoms with van der Waals surface area (Å²) in [5.41, 5.74) is 7.14. The highest BCUT2D eigenvalue weighted by atomic mass is 19.4. The second kappa shape index (κ2) is 11.1. The zero-order valence-electron chi connectivity index (χ0n) is 23.7. The Labute approximate surface area is 245 Å². The SMILES string of the molecule is CC(c1ccc(NC(=O)Nc2ccc(-c3cn(C4CC4)c4ncnc(N)c34)cc2F)cc1C(F)(F)F)N1CCN(C)CC1. The first-order valence-corrected chi connectivity index (χ1v) is 14.1. The maximum atomic E-state index is 15.2. The van der Waals surface area contributed by atoms with Crippen molar-refractivity contribution in [2.75, 3.05) is 49.6 Å². The predicted molar refractivity (Wildman–Crippen MR) is 157 cm³/mol. The number of hydrogen-bond donors (Lipinski definition) is 3. The number of hydrogen-bond acceptors (Lipinski definition) is 6. The van der Waals surface area contributed by atoms with Crippen molar-refractivity contribution in [3.8, 4) is 11.1 Å². The molecule has 1 aliphatic carbocycles. The quantitative estimate of drug-likeness (QED) is 0.232. The zero-order chi connectivity index (χ0) is 30.5. The minimum absolute atomic E-state index is 0.0560. The summed E-state index contributed by atoms with van der Waals surface area (Å²) < 4.78 is 59.5. The number of amides is 2. The molecule has 9 nitrogen and oxygen atoms in total. The third-order valence-electron chi connectivity index (χ3n) is 8.26. The fourth-order valence-electron chi connectivity index (χ4n) is 5.68. The molecular formula is C30H32F4N8O. The molecule has 0 radical (unpaired) electrons. The number of urea groups is 1. The third-order valence-corrected chi connectivity index (χ3v) is 8.26. The molecule has 1 aliphatic heterocycles. The number of anilines is 3. The summed E-state index contributed by atoms with van der Waals surface area (Å²) in [5, 5.41) is 5.43. The van der Waals surface area contributed by atoms with Crippen molar-refractivity contribution in [3.05, 3.63) is 65.9 Å². The van der Waals surface area contributed by atoms with Gasteiger partial charge in [-0.3, -0.25) is 4.90 Å². The lowest BCUT2D eigenvalue weighted by molar-refractivity contribution is -0.138. The van der Waals surface area contributed by atoms with Crippen molar-refractivity contribution < 1.29 is 22.4 Å². The van der Waals surface area contributed by atoms with E-state index in [9.17, 15) is 18.0 Å². The first-order chi connectivity index (χ1) is 20.5. The molecule has 43 heavy (non-hydrogen) atoms. The van der Waals surface area contributed by atoms with E-state index in [0.717, 1.165) is 32.0 Å². The molecule has 2 aromatic carbocycles. The second-order valence-corrected chi connectivity index (χ2v) is 11.2. The van der Waals surface area contributed by atoms with Crippen molar-refractivity contribution in [1.82, 2.24) is 24.3 Å². The van der Waals surface area contributed by atoms with Gasteiger partial charge in [0.05, 0.1) is 16.6 Å². The van der Waals surface area contributed by atoms with Crippen LogP contribution in [0.1, 0.15) is 43.0 Å². The number of fused-ring (bicyclic) bond motifs is 1. The molecule has 0 spiro atoms. The number of benzene rings is 2. The number of nitrogen functional groups attached to an aromatic ring is 1. The topological polar surface area (TPSA) is 104 Å². The smallest absolute Gasteiger partial charge is 0.383 e. The monoisotopic (exact) mass is 596 g/mol. The van der Waals surface area contributed by atoms with Crippen LogP contribution in [0.25, 0.3) is 22.2 Å². The van der Waals surface area contributed by atoms with Gasteiger partial charge in [0.1, 0.15) is 23.6 Å². The summed E-state index contributed by atoms with van der Waals surface area (Å²) >= 11 is 0. The second-order valence-electron chi connectivity index (χ2n) is 11.2. The van der Waals surface area contributed by atoms with Crippen LogP contribution in [0.4, 0.5) is 39.5 Å². The fraction of sp³-hybridized carbons (Fsp3) is 0.367. The summed E-state index contributed by atoms with van der Waals surface area (Å²) in [6.45, 7) is 4.62. The molecule has 4 aromatic rings. The van der Waals surface area contributed by atoms with Crippen molar-refractivity contribution in [2.45, 2.75) is 38.0 Å². The average molecular weight is 597 g/mol. The van der Waals surface area contributed by atoms with Gasteiger partial charge in [-0.15, -0.1) is 0 Å². The summed E-state index contributed by atoms with van der Waals surface area (Å²) in [4.78, 5) is 25.3. The number of halogens is 4. The number of alkyl halides is 3. The van der Waals surface area contributed by atoms with Gasteiger partial charge >= 0.3 is 12.2 Å². The molecule has 2 aliphatic rings. The molecule has 226 valence electrons. The van der Waals surface area contributed by atoms with Crippen LogP contribution in [0.3, 0.4) is 0 Å². The first-order valence-electron chi connectivity index (χ1n) is 14.1. The molecule has 3 heterocycles. The van der Waals surface area contributed by atoms with Crippen LogP contribution < -0.4 is 16.4 Å². The minimum atomic E-state index is -4.62. The molecule has 2 fully saturated rings. The number of likely N-dealkylation sites (N-methyl/N-ethyl adjacent to an activating group) is 1. The Kier molecular flexibility index (Phi) is 7.46. The highest BCUT2D eigenvalue weighted by Crippen LogP contribution is 2.42. The van der Waals surface area contributed by atoms with Gasteiger partial charge in [-0.25, -0.2) is 19.2 Å². The van der Waals surface area contributed by atoms with Gasteiger partial charge in [0.25, 0.3) is 0 Å². The van der Waals surface area contributed by atoms with E-state index in [1.54, 1.807) is 13.0 Å². The first kappa shape index (κ1) is 28.9. The minimum Gasteiger partial charge on any atom is -0.383 e. The number of carbonyl (C=O) groups excluding carboxylic acids is 1. The molecule has 1 unspecified atom stereocenters. The van der Waals surface area contributed by atoms with E-state index >= 15 is 4.39 Å². The van der Waals surface area contributed by atoms with Gasteiger partial charge in [-0.2, -0.15) is 13.2 Å². The lowest BCUT2D eigenvalue weighted by atomic mass is 9.98. The molecule has 0 bridgehead atoms. The largest absolute Gasteiger partial charge is 0.416 e. The Balaban J connectivity index is 1.20. The van der Waals surface area contributed by atoms with E-state index in [1.165, 1.54) is 30.6 Å². The Hall–Kier alpha value is -4.23. The molecule has 2 amide bonds. The van der Waals surface area contributed by atoms with Crippen LogP contribution in [0.2, 0.25) is 0 Å². The average Bonchev–Trinajstić information content (AvgIpc) is 3.73. The maximum Gasteiger partial charge on any atom is 0.416 e. The standard InChI is InChI=1S/C30H32F4N8O/c1-17(41-11-9-40(2)10-12-41)21-7-4-19(14-23(21)30(32,33)34)38-29(43)39-25-8-3-18(13-24(25)31)22-15-42(20-5-6-20)28-26(22)27(35)36-16-37-28/h3-4,7-8,13-17,20H,5-6,9-12H2,1-2H3,(H2,35,36,37)(H2,38,39,43).